The second-order valence-electron chi connectivity index (χ2n) is 7.36. The third-order valence-corrected chi connectivity index (χ3v) is 6.95. The predicted octanol–water partition coefficient (Wildman–Crippen LogP) is 5.50. The molecule has 0 saturated heterocycles. The average Bonchev–Trinajstić information content (AvgIpc) is 2.75. The number of rotatable bonds is 7. The van der Waals surface area contributed by atoms with Crippen LogP contribution in [0.2, 0.25) is 5.02 Å². The average molecular weight is 457 g/mol. The van der Waals surface area contributed by atoms with Crippen LogP contribution >= 0.6 is 11.6 Å². The molecule has 0 aromatic heterocycles. The number of hydrogen-bond donors (Lipinski definition) is 2. The van der Waals surface area contributed by atoms with E-state index in [0.29, 0.717) is 5.69 Å². The normalized spacial score (nSPS) is 12.3. The fourth-order valence-electron chi connectivity index (χ4n) is 3.14. The molecule has 1 amide bonds. The van der Waals surface area contributed by atoms with E-state index in [1.54, 1.807) is 25.1 Å². The molecule has 0 aliphatic rings. The van der Waals surface area contributed by atoms with Crippen LogP contribution in [0.1, 0.15) is 46.9 Å². The Hall–Kier alpha value is -2.83. The molecule has 0 bridgehead atoms. The van der Waals surface area contributed by atoms with E-state index in [1.807, 2.05) is 37.3 Å². The lowest BCUT2D eigenvalue weighted by Crippen LogP contribution is -2.27. The van der Waals surface area contributed by atoms with Gasteiger partial charge in [0, 0.05) is 5.56 Å². The zero-order chi connectivity index (χ0) is 22.6. The summed E-state index contributed by atoms with van der Waals surface area (Å²) in [6.07, 6.45) is 0.944. The van der Waals surface area contributed by atoms with E-state index in [1.165, 1.54) is 23.8 Å². The lowest BCUT2D eigenvalue weighted by Gasteiger charge is -2.16. The van der Waals surface area contributed by atoms with E-state index in [4.69, 9.17) is 11.6 Å². The van der Waals surface area contributed by atoms with Crippen molar-refractivity contribution >= 4 is 33.2 Å². The Balaban J connectivity index is 1.82. The maximum atomic E-state index is 12.9. The molecule has 5 nitrogen and oxygen atoms in total. The molecule has 0 heterocycles. The number of hydrogen-bond acceptors (Lipinski definition) is 3. The number of sulfonamides is 1. The van der Waals surface area contributed by atoms with Crippen LogP contribution in [-0.2, 0) is 16.4 Å². The number of halogens is 1. The summed E-state index contributed by atoms with van der Waals surface area (Å²) >= 11 is 6.17. The smallest absolute Gasteiger partial charge is 0.263 e. The van der Waals surface area contributed by atoms with Crippen molar-refractivity contribution in [2.75, 3.05) is 4.72 Å². The fraction of sp³-hybridized carbons (Fsp3) is 0.208. The summed E-state index contributed by atoms with van der Waals surface area (Å²) in [6, 6.07) is 19.0. The quantitative estimate of drug-likeness (QED) is 0.492. The van der Waals surface area contributed by atoms with Crippen molar-refractivity contribution in [2.45, 2.75) is 38.1 Å². The molecule has 3 rings (SSSR count). The first-order chi connectivity index (χ1) is 14.7. The van der Waals surface area contributed by atoms with Crippen molar-refractivity contribution in [1.82, 2.24) is 5.32 Å². The predicted molar refractivity (Wildman–Crippen MR) is 125 cm³/mol. The molecule has 0 spiro atoms. The minimum atomic E-state index is -3.97. The third-order valence-electron chi connectivity index (χ3n) is 5.11. The highest BCUT2D eigenvalue weighted by molar-refractivity contribution is 7.92. The number of nitrogens with one attached hydrogen (secondary N) is 2. The highest BCUT2D eigenvalue weighted by Gasteiger charge is 2.21. The van der Waals surface area contributed by atoms with E-state index in [9.17, 15) is 13.2 Å². The first-order valence-electron chi connectivity index (χ1n) is 9.99. The molecular weight excluding hydrogens is 432 g/mol. The number of amides is 1. The Labute approximate surface area is 188 Å². The molecule has 0 unspecified atom stereocenters. The Morgan fingerprint density at radius 3 is 2.35 bits per heavy atom. The van der Waals surface area contributed by atoms with Crippen molar-refractivity contribution in [3.8, 4) is 0 Å². The van der Waals surface area contributed by atoms with E-state index in [0.717, 1.165) is 17.5 Å². The lowest BCUT2D eigenvalue weighted by molar-refractivity contribution is 0.0939. The van der Waals surface area contributed by atoms with Crippen LogP contribution in [0.3, 0.4) is 0 Å². The highest BCUT2D eigenvalue weighted by atomic mass is 35.5. The summed E-state index contributed by atoms with van der Waals surface area (Å²) in [5, 5.41) is 2.95. The van der Waals surface area contributed by atoms with Crippen molar-refractivity contribution < 1.29 is 13.2 Å². The molecule has 3 aromatic carbocycles. The first-order valence-corrected chi connectivity index (χ1v) is 11.8. The number of aryl methyl sites for hydroxylation is 2. The summed E-state index contributed by atoms with van der Waals surface area (Å²) in [7, 11) is -3.97. The minimum absolute atomic E-state index is 0.0424. The molecule has 0 aliphatic heterocycles. The molecule has 1 atom stereocenters. The van der Waals surface area contributed by atoms with Crippen molar-refractivity contribution in [1.29, 1.82) is 0 Å². The minimum Gasteiger partial charge on any atom is -0.346 e. The second-order valence-corrected chi connectivity index (χ2v) is 9.41. The van der Waals surface area contributed by atoms with Gasteiger partial charge in [-0.2, -0.15) is 0 Å². The van der Waals surface area contributed by atoms with Crippen LogP contribution < -0.4 is 10.0 Å². The van der Waals surface area contributed by atoms with Crippen LogP contribution in [0.15, 0.2) is 71.6 Å². The number of benzene rings is 3. The van der Waals surface area contributed by atoms with Gasteiger partial charge in [0.05, 0.1) is 16.8 Å². The van der Waals surface area contributed by atoms with Crippen molar-refractivity contribution in [2.24, 2.45) is 0 Å². The fourth-order valence-corrected chi connectivity index (χ4v) is 4.80. The van der Waals surface area contributed by atoms with Crippen LogP contribution in [0.5, 0.6) is 0 Å². The Morgan fingerprint density at radius 1 is 1.03 bits per heavy atom. The SMILES string of the molecule is CCc1ccc([C@@H](C)NC(=O)c2ccc(Cl)c(S(=O)(=O)Nc3ccccc3C)c2)cc1. The topological polar surface area (TPSA) is 75.3 Å². The van der Waals surface area contributed by atoms with Gasteiger partial charge in [0.1, 0.15) is 4.90 Å². The van der Waals surface area contributed by atoms with Gasteiger partial charge in [-0.15, -0.1) is 0 Å². The first kappa shape index (κ1) is 22.8. The van der Waals surface area contributed by atoms with E-state index >= 15 is 0 Å². The maximum absolute atomic E-state index is 12.9. The summed E-state index contributed by atoms with van der Waals surface area (Å²) < 4.78 is 28.4. The van der Waals surface area contributed by atoms with Crippen LogP contribution in [-0.4, -0.2) is 14.3 Å². The molecule has 162 valence electrons. The highest BCUT2D eigenvalue weighted by Crippen LogP contribution is 2.26. The Bertz CT molecular complexity index is 1190. The molecule has 0 aliphatic carbocycles. The molecule has 0 saturated carbocycles. The molecule has 7 heteroatoms. The van der Waals surface area contributed by atoms with Gasteiger partial charge in [0.2, 0.25) is 0 Å². The van der Waals surface area contributed by atoms with Crippen LogP contribution in [0.25, 0.3) is 0 Å². The largest absolute Gasteiger partial charge is 0.346 e. The lowest BCUT2D eigenvalue weighted by atomic mass is 10.0. The maximum Gasteiger partial charge on any atom is 0.263 e. The summed E-state index contributed by atoms with van der Waals surface area (Å²) in [4.78, 5) is 12.6. The standard InChI is InChI=1S/C24H25ClN2O3S/c1-4-18-9-11-19(12-10-18)17(3)26-24(28)20-13-14-21(25)23(15-20)31(29,30)27-22-8-6-5-7-16(22)2/h5-15,17,27H,4H2,1-3H3,(H,26,28)/t17-/m1/s1. The molecule has 2 N–H and O–H groups in total. The van der Waals surface area contributed by atoms with Gasteiger partial charge < -0.3 is 5.32 Å². The molecule has 0 fully saturated rings. The summed E-state index contributed by atoms with van der Waals surface area (Å²) in [5.41, 5.74) is 3.63. The number of carbonyl (C=O) groups is 1. The van der Waals surface area contributed by atoms with Gasteiger partial charge in [0.15, 0.2) is 0 Å². The van der Waals surface area contributed by atoms with Gasteiger partial charge in [0.25, 0.3) is 15.9 Å². The van der Waals surface area contributed by atoms with Crippen molar-refractivity contribution in [3.63, 3.8) is 0 Å². The van der Waals surface area contributed by atoms with E-state index in [-0.39, 0.29) is 27.4 Å². The van der Waals surface area contributed by atoms with Gasteiger partial charge in [-0.25, -0.2) is 8.42 Å². The van der Waals surface area contributed by atoms with E-state index in [2.05, 4.69) is 17.0 Å². The monoisotopic (exact) mass is 456 g/mol. The number of para-hydroxylation sites is 1. The van der Waals surface area contributed by atoms with Gasteiger partial charge >= 0.3 is 0 Å². The van der Waals surface area contributed by atoms with Gasteiger partial charge in [-0.05, 0) is 61.2 Å². The number of anilines is 1. The molecule has 3 aromatic rings. The Morgan fingerprint density at radius 2 is 1.71 bits per heavy atom. The summed E-state index contributed by atoms with van der Waals surface area (Å²) in [6.45, 7) is 5.77. The Kier molecular flexibility index (Phi) is 7.03. The third kappa shape index (κ3) is 5.46. The zero-order valence-corrected chi connectivity index (χ0v) is 19.2. The molecule has 0 radical (unpaired) electrons. The van der Waals surface area contributed by atoms with E-state index < -0.39 is 10.0 Å². The summed E-state index contributed by atoms with van der Waals surface area (Å²) in [5.74, 6) is -0.379. The molecular formula is C24H25ClN2O3S. The van der Waals surface area contributed by atoms with Crippen LogP contribution in [0.4, 0.5) is 5.69 Å². The van der Waals surface area contributed by atoms with Gasteiger partial charge in [-0.3, -0.25) is 9.52 Å². The molecule has 31 heavy (non-hydrogen) atoms. The number of carbonyl (C=O) groups excluding carboxylic acids is 1. The van der Waals surface area contributed by atoms with Gasteiger partial charge in [-0.1, -0.05) is 61.0 Å². The van der Waals surface area contributed by atoms with Crippen molar-refractivity contribution in [3.05, 3.63) is 94.0 Å². The van der Waals surface area contributed by atoms with Crippen LogP contribution in [0, 0.1) is 6.92 Å². The second kappa shape index (κ2) is 9.54. The zero-order valence-electron chi connectivity index (χ0n) is 17.6.